The van der Waals surface area contributed by atoms with E-state index in [1.165, 1.54) is 11.8 Å². The van der Waals surface area contributed by atoms with Gasteiger partial charge in [0.15, 0.2) is 5.96 Å². The summed E-state index contributed by atoms with van der Waals surface area (Å²) in [6.07, 6.45) is 2.41. The summed E-state index contributed by atoms with van der Waals surface area (Å²) in [6.45, 7) is 10.8. The average Bonchev–Trinajstić information content (AvgIpc) is 3.10. The van der Waals surface area contributed by atoms with E-state index in [2.05, 4.69) is 36.9 Å². The number of hydrogen-bond acceptors (Lipinski definition) is 11. The number of hydrogen-bond donors (Lipinski definition) is 11. The number of nitrogens with one attached hydrogen (secondary N) is 6. The minimum absolute atomic E-state index is 0.0170. The summed E-state index contributed by atoms with van der Waals surface area (Å²) in [5.74, 6) is -5.50. The maximum absolute atomic E-state index is 13.9. The highest BCUT2D eigenvalue weighted by atomic mass is 32.2. The van der Waals surface area contributed by atoms with Crippen molar-refractivity contribution in [3.05, 3.63) is 0 Å². The topological polar surface area (TPSA) is 351 Å². The minimum Gasteiger partial charge on any atom is -0.370 e. The van der Waals surface area contributed by atoms with Gasteiger partial charge < -0.3 is 60.6 Å². The molecule has 21 heteroatoms. The Morgan fingerprint density at radius 2 is 0.930 bits per heavy atom. The van der Waals surface area contributed by atoms with E-state index in [9.17, 15) is 38.4 Å². The summed E-state index contributed by atoms with van der Waals surface area (Å²) in [7, 11) is 0. The first-order valence-corrected chi connectivity index (χ1v) is 20.6. The van der Waals surface area contributed by atoms with Crippen LogP contribution in [0.4, 0.5) is 0 Å². The van der Waals surface area contributed by atoms with Gasteiger partial charge in [0.2, 0.25) is 47.3 Å². The van der Waals surface area contributed by atoms with Gasteiger partial charge in [-0.3, -0.25) is 43.3 Å². The lowest BCUT2D eigenvalue weighted by molar-refractivity contribution is -0.136. The Hall–Kier alpha value is -4.66. The molecule has 0 bridgehead atoms. The Labute approximate surface area is 340 Å². The van der Waals surface area contributed by atoms with E-state index < -0.39 is 83.5 Å². The maximum Gasteiger partial charge on any atom is 0.243 e. The number of nitrogens with two attached hydrogens (primary N) is 5. The minimum atomic E-state index is -1.33. The molecule has 0 unspecified atom stereocenters. The number of nitrogens with zero attached hydrogens (tertiary/aromatic N) is 1. The maximum atomic E-state index is 13.9. The van der Waals surface area contributed by atoms with Crippen molar-refractivity contribution < 1.29 is 38.4 Å². The van der Waals surface area contributed by atoms with Gasteiger partial charge in [0.05, 0.1) is 6.54 Å². The fourth-order valence-corrected chi connectivity index (χ4v) is 6.04. The van der Waals surface area contributed by atoms with E-state index in [4.69, 9.17) is 28.7 Å². The zero-order valence-corrected chi connectivity index (χ0v) is 35.3. The summed E-state index contributed by atoms with van der Waals surface area (Å²) >= 11 is 1.40. The van der Waals surface area contributed by atoms with Crippen LogP contribution in [-0.4, -0.2) is 115 Å². The van der Waals surface area contributed by atoms with E-state index in [0.29, 0.717) is 5.75 Å². The van der Waals surface area contributed by atoms with Crippen molar-refractivity contribution in [3.8, 4) is 0 Å². The molecule has 0 fully saturated rings. The van der Waals surface area contributed by atoms with Crippen LogP contribution >= 0.6 is 11.8 Å². The van der Waals surface area contributed by atoms with Crippen LogP contribution in [0.1, 0.15) is 92.9 Å². The second-order valence-corrected chi connectivity index (χ2v) is 16.1. The molecule has 57 heavy (non-hydrogen) atoms. The average molecular weight is 829 g/mol. The molecule has 0 heterocycles. The van der Waals surface area contributed by atoms with E-state index >= 15 is 0 Å². The molecule has 20 nitrogen and oxygen atoms in total. The summed E-state index contributed by atoms with van der Waals surface area (Å²) in [5.41, 5.74) is 27.2. The zero-order chi connectivity index (χ0) is 43.8. The number of carbonyl (C=O) groups is 8. The lowest BCUT2D eigenvalue weighted by Gasteiger charge is -2.28. The molecule has 0 spiro atoms. The molecule has 0 aromatic rings. The normalized spacial score (nSPS) is 14.3. The molecule has 0 aliphatic carbocycles. The Kier molecular flexibility index (Phi) is 25.6. The number of thioether (sulfide) groups is 1. The van der Waals surface area contributed by atoms with Crippen LogP contribution in [0.2, 0.25) is 0 Å². The van der Waals surface area contributed by atoms with Crippen LogP contribution in [0.5, 0.6) is 0 Å². The van der Waals surface area contributed by atoms with Crippen molar-refractivity contribution in [2.45, 2.75) is 129 Å². The van der Waals surface area contributed by atoms with Crippen LogP contribution in [-0.2, 0) is 38.4 Å². The smallest absolute Gasteiger partial charge is 0.243 e. The first-order chi connectivity index (χ1) is 26.6. The first-order valence-electron chi connectivity index (χ1n) is 19.2. The first kappa shape index (κ1) is 52.3. The van der Waals surface area contributed by atoms with Crippen LogP contribution in [0.15, 0.2) is 4.99 Å². The monoisotopic (exact) mass is 829 g/mol. The lowest BCUT2D eigenvalue weighted by Crippen LogP contribution is -2.60. The van der Waals surface area contributed by atoms with Crippen LogP contribution in [0, 0.1) is 17.8 Å². The van der Waals surface area contributed by atoms with Gasteiger partial charge in [0, 0.05) is 13.0 Å². The highest BCUT2D eigenvalue weighted by Crippen LogP contribution is 2.12. The molecule has 0 aliphatic rings. The fraction of sp³-hybridized carbons (Fsp3) is 0.750. The molecule has 8 amide bonds. The number of aliphatic imine (C=N–C) groups is 1. The Bertz CT molecular complexity index is 1380. The largest absolute Gasteiger partial charge is 0.370 e. The fourth-order valence-electron chi connectivity index (χ4n) is 5.57. The number of guanidine groups is 1. The molecule has 0 saturated heterocycles. The van der Waals surface area contributed by atoms with Gasteiger partial charge in [0.1, 0.15) is 36.3 Å². The number of carbonyl (C=O) groups excluding carboxylic acids is 8. The van der Waals surface area contributed by atoms with Crippen molar-refractivity contribution >= 4 is 65.0 Å². The zero-order valence-electron chi connectivity index (χ0n) is 34.5. The van der Waals surface area contributed by atoms with Crippen molar-refractivity contribution in [3.63, 3.8) is 0 Å². The highest BCUT2D eigenvalue weighted by molar-refractivity contribution is 7.98. The second kappa shape index (κ2) is 27.9. The molecule has 0 saturated carbocycles. The summed E-state index contributed by atoms with van der Waals surface area (Å²) in [5, 5.41) is 15.8. The van der Waals surface area contributed by atoms with Gasteiger partial charge in [0.25, 0.3) is 0 Å². The van der Waals surface area contributed by atoms with E-state index in [-0.39, 0.29) is 88.2 Å². The second-order valence-electron chi connectivity index (χ2n) is 15.2. The lowest BCUT2D eigenvalue weighted by atomic mass is 10.0. The predicted molar refractivity (Wildman–Crippen MR) is 220 cm³/mol. The molecule has 0 radical (unpaired) electrons. The van der Waals surface area contributed by atoms with Crippen molar-refractivity contribution in [2.24, 2.45) is 51.4 Å². The third-order valence-corrected chi connectivity index (χ3v) is 9.03. The Morgan fingerprint density at radius 1 is 0.544 bits per heavy atom. The van der Waals surface area contributed by atoms with Crippen molar-refractivity contribution in [1.29, 1.82) is 0 Å². The SMILES string of the molecule is CSCC[C@H](NC(=O)[C@H](CCC(N)=O)NC(=O)[C@H](CC(C)C)NC(=O)CN)C(=O)N[C@@H](CC(C)C)C(=O)N[C@@H](CCCN=C(N)N)C(=O)N[C@@H](CC(C)C)C(N)=O. The number of primary amides is 2. The summed E-state index contributed by atoms with van der Waals surface area (Å²) in [4.78, 5) is 108. The standard InChI is InChI=1S/C36H68N12O8S/c1-19(2)15-25(30(39)51)47-31(52)22(9-8-13-42-36(40)41)44-35(56)27(17-21(5)6)48-33(54)24(12-14-57-7)46-32(53)23(10-11-28(38)49)45-34(55)26(16-20(3)4)43-29(50)18-37/h19-27H,8-18,37H2,1-7H3,(H2,38,49)(H2,39,51)(H,43,50)(H,44,56)(H,45,55)(H,46,53)(H,47,52)(H,48,54)(H4,40,41,42)/t22-,23-,24-,25-,26-,27-/m0/s1. The summed E-state index contributed by atoms with van der Waals surface area (Å²) in [6, 6.07) is -6.89. The van der Waals surface area contributed by atoms with Gasteiger partial charge in [-0.2, -0.15) is 11.8 Å². The third kappa shape index (κ3) is 23.2. The molecule has 0 aromatic heterocycles. The van der Waals surface area contributed by atoms with Gasteiger partial charge in [-0.05, 0) is 74.7 Å². The van der Waals surface area contributed by atoms with Crippen molar-refractivity contribution in [2.75, 3.05) is 25.1 Å². The Balaban J connectivity index is 6.43. The molecular formula is C36H68N12O8S. The van der Waals surface area contributed by atoms with Crippen LogP contribution in [0.3, 0.4) is 0 Å². The highest BCUT2D eigenvalue weighted by Gasteiger charge is 2.33. The molecule has 0 aromatic carbocycles. The quantitative estimate of drug-likeness (QED) is 0.0213. The van der Waals surface area contributed by atoms with Gasteiger partial charge in [-0.25, -0.2) is 0 Å². The van der Waals surface area contributed by atoms with Gasteiger partial charge in [-0.15, -0.1) is 0 Å². The third-order valence-electron chi connectivity index (χ3n) is 8.39. The molecule has 326 valence electrons. The number of amides is 8. The molecule has 16 N–H and O–H groups in total. The molecular weight excluding hydrogens is 761 g/mol. The van der Waals surface area contributed by atoms with E-state index in [0.717, 1.165) is 0 Å². The van der Waals surface area contributed by atoms with Gasteiger partial charge >= 0.3 is 0 Å². The van der Waals surface area contributed by atoms with Crippen LogP contribution in [0.25, 0.3) is 0 Å². The van der Waals surface area contributed by atoms with Crippen LogP contribution < -0.4 is 60.6 Å². The van der Waals surface area contributed by atoms with E-state index in [1.54, 1.807) is 6.26 Å². The Morgan fingerprint density at radius 3 is 1.33 bits per heavy atom. The molecule has 6 atom stereocenters. The summed E-state index contributed by atoms with van der Waals surface area (Å²) < 4.78 is 0. The van der Waals surface area contributed by atoms with Crippen molar-refractivity contribution in [1.82, 2.24) is 31.9 Å². The predicted octanol–water partition coefficient (Wildman–Crippen LogP) is -2.45. The van der Waals surface area contributed by atoms with Gasteiger partial charge in [-0.1, -0.05) is 41.5 Å². The van der Waals surface area contributed by atoms with E-state index in [1.807, 2.05) is 41.5 Å². The molecule has 0 aliphatic heterocycles. The molecule has 0 rings (SSSR count). The number of rotatable bonds is 29.